The molecule has 1 aromatic rings. The van der Waals surface area contributed by atoms with Crippen molar-refractivity contribution < 1.29 is 59.9 Å². The van der Waals surface area contributed by atoms with E-state index in [9.17, 15) is 40.5 Å². The second-order valence-corrected chi connectivity index (χ2v) is 7.58. The minimum absolute atomic E-state index is 0.0434. The maximum Gasteiger partial charge on any atom is 0.335 e. The predicted octanol–water partition coefficient (Wildman–Crippen LogP) is -3.58. The number of hydrogen-bond acceptors (Lipinski definition) is 12. The molecule has 2 saturated heterocycles. The van der Waals surface area contributed by atoms with Gasteiger partial charge in [-0.15, -0.1) is 0 Å². The van der Waals surface area contributed by atoms with Gasteiger partial charge in [0.2, 0.25) is 0 Å². The number of anilines is 1. The van der Waals surface area contributed by atoms with Crippen molar-refractivity contribution in [2.75, 3.05) is 18.5 Å². The highest BCUT2D eigenvalue weighted by Gasteiger charge is 2.50. The van der Waals surface area contributed by atoms with Crippen molar-refractivity contribution in [3.63, 3.8) is 0 Å². The molecule has 10 atom stereocenters. The van der Waals surface area contributed by atoms with Crippen molar-refractivity contribution >= 4 is 11.7 Å². The Morgan fingerprint density at radius 2 is 1.47 bits per heavy atom. The third kappa shape index (κ3) is 5.02. The SMILES string of the molecule is O=C(O)c1ccc(N[C@H]2O[C@H](CO)[C@@H](O[C@@H]3O[C@H](CO)[C@H](O)[C@@H](O)[C@H]3O)[C@@H](O)[C@H]2O)cc1. The van der Waals surface area contributed by atoms with Crippen LogP contribution >= 0.6 is 0 Å². The fourth-order valence-corrected chi connectivity index (χ4v) is 3.58. The second kappa shape index (κ2) is 10.4. The van der Waals surface area contributed by atoms with E-state index in [0.717, 1.165) is 0 Å². The summed E-state index contributed by atoms with van der Waals surface area (Å²) in [5, 5.41) is 81.6. The first-order valence-electron chi connectivity index (χ1n) is 9.86. The van der Waals surface area contributed by atoms with Crippen LogP contribution in [0.2, 0.25) is 0 Å². The van der Waals surface area contributed by atoms with Crippen LogP contribution in [0.3, 0.4) is 0 Å². The molecule has 13 heteroatoms. The van der Waals surface area contributed by atoms with Crippen LogP contribution in [0.5, 0.6) is 0 Å². The number of benzene rings is 1. The number of hydrogen-bond donors (Lipinski definition) is 9. The van der Waals surface area contributed by atoms with Gasteiger partial charge in [-0.05, 0) is 24.3 Å². The Kier molecular flexibility index (Phi) is 8.00. The number of rotatable bonds is 7. The monoisotopic (exact) mass is 461 g/mol. The lowest BCUT2D eigenvalue weighted by atomic mass is 9.96. The highest BCUT2D eigenvalue weighted by atomic mass is 16.7. The summed E-state index contributed by atoms with van der Waals surface area (Å²) in [4.78, 5) is 10.9. The van der Waals surface area contributed by atoms with Gasteiger partial charge in [0.05, 0.1) is 18.8 Å². The van der Waals surface area contributed by atoms with Crippen LogP contribution in [0.1, 0.15) is 10.4 Å². The smallest absolute Gasteiger partial charge is 0.335 e. The minimum atomic E-state index is -1.75. The molecule has 2 aliphatic rings. The molecule has 32 heavy (non-hydrogen) atoms. The number of nitrogens with one attached hydrogen (secondary N) is 1. The Morgan fingerprint density at radius 3 is 2.03 bits per heavy atom. The number of carbonyl (C=O) groups is 1. The summed E-state index contributed by atoms with van der Waals surface area (Å²) >= 11 is 0. The number of carboxylic acid groups (broad SMARTS) is 1. The van der Waals surface area contributed by atoms with Crippen LogP contribution in [0.4, 0.5) is 5.69 Å². The first-order valence-corrected chi connectivity index (χ1v) is 9.86. The molecule has 180 valence electrons. The molecule has 9 N–H and O–H groups in total. The molecule has 0 radical (unpaired) electrons. The summed E-state index contributed by atoms with van der Waals surface area (Å²) in [7, 11) is 0. The van der Waals surface area contributed by atoms with E-state index in [4.69, 9.17) is 19.3 Å². The van der Waals surface area contributed by atoms with Crippen LogP contribution in [0, 0.1) is 0 Å². The minimum Gasteiger partial charge on any atom is -0.478 e. The first-order chi connectivity index (χ1) is 15.2. The molecule has 3 rings (SSSR count). The van der Waals surface area contributed by atoms with E-state index in [0.29, 0.717) is 5.69 Å². The number of aromatic carboxylic acids is 1. The molecule has 0 aliphatic carbocycles. The quantitative estimate of drug-likeness (QED) is 0.192. The molecular formula is C19H27NO12. The summed E-state index contributed by atoms with van der Waals surface area (Å²) < 4.78 is 16.3. The van der Waals surface area contributed by atoms with Gasteiger partial charge in [-0.3, -0.25) is 0 Å². The Hall–Kier alpha value is -1.91. The Balaban J connectivity index is 1.70. The predicted molar refractivity (Wildman–Crippen MR) is 103 cm³/mol. The van der Waals surface area contributed by atoms with Crippen molar-refractivity contribution in [1.82, 2.24) is 0 Å². The van der Waals surface area contributed by atoms with Crippen molar-refractivity contribution in [2.24, 2.45) is 0 Å². The largest absolute Gasteiger partial charge is 0.478 e. The molecule has 2 heterocycles. The molecule has 2 fully saturated rings. The van der Waals surface area contributed by atoms with E-state index in [2.05, 4.69) is 5.32 Å². The van der Waals surface area contributed by atoms with Crippen molar-refractivity contribution in [1.29, 1.82) is 0 Å². The summed E-state index contributed by atoms with van der Waals surface area (Å²) in [5.41, 5.74) is 0.415. The Bertz CT molecular complexity index is 759. The van der Waals surface area contributed by atoms with Crippen molar-refractivity contribution in [3.05, 3.63) is 29.8 Å². The molecule has 0 spiro atoms. The number of aliphatic hydroxyl groups excluding tert-OH is 7. The Morgan fingerprint density at radius 1 is 0.844 bits per heavy atom. The van der Waals surface area contributed by atoms with Crippen LogP contribution in [0.15, 0.2) is 24.3 Å². The van der Waals surface area contributed by atoms with Crippen LogP contribution < -0.4 is 5.32 Å². The van der Waals surface area contributed by atoms with Gasteiger partial charge in [0.1, 0.15) is 48.8 Å². The van der Waals surface area contributed by atoms with Gasteiger partial charge < -0.3 is 60.4 Å². The molecule has 0 bridgehead atoms. The van der Waals surface area contributed by atoms with Gasteiger partial charge in [0.15, 0.2) is 12.5 Å². The summed E-state index contributed by atoms with van der Waals surface area (Å²) in [6.45, 7) is -1.35. The maximum absolute atomic E-state index is 10.9. The summed E-state index contributed by atoms with van der Waals surface area (Å²) in [6, 6.07) is 5.50. The van der Waals surface area contributed by atoms with Gasteiger partial charge in [-0.1, -0.05) is 0 Å². The van der Waals surface area contributed by atoms with Crippen molar-refractivity contribution in [2.45, 2.75) is 61.3 Å². The maximum atomic E-state index is 10.9. The molecule has 0 aromatic heterocycles. The topological polar surface area (TPSA) is 219 Å². The normalized spacial score (nSPS) is 40.1. The zero-order chi connectivity index (χ0) is 23.6. The average molecular weight is 461 g/mol. The average Bonchev–Trinajstić information content (AvgIpc) is 2.79. The van der Waals surface area contributed by atoms with Crippen LogP contribution in [0.25, 0.3) is 0 Å². The van der Waals surface area contributed by atoms with Crippen molar-refractivity contribution in [3.8, 4) is 0 Å². The number of carboxylic acids is 1. The van der Waals surface area contributed by atoms with Gasteiger partial charge in [-0.2, -0.15) is 0 Å². The zero-order valence-corrected chi connectivity index (χ0v) is 16.7. The van der Waals surface area contributed by atoms with E-state index in [-0.39, 0.29) is 5.56 Å². The lowest BCUT2D eigenvalue weighted by Crippen LogP contribution is -2.65. The number of aliphatic hydroxyl groups is 7. The fraction of sp³-hybridized carbons (Fsp3) is 0.632. The van der Waals surface area contributed by atoms with E-state index in [1.165, 1.54) is 24.3 Å². The highest BCUT2D eigenvalue weighted by molar-refractivity contribution is 5.88. The Labute approximate surface area is 182 Å². The zero-order valence-electron chi connectivity index (χ0n) is 16.7. The fourth-order valence-electron chi connectivity index (χ4n) is 3.58. The third-order valence-electron chi connectivity index (χ3n) is 5.44. The summed E-state index contributed by atoms with van der Waals surface area (Å²) in [5.74, 6) is -1.12. The van der Waals surface area contributed by atoms with E-state index in [1.807, 2.05) is 0 Å². The molecule has 0 amide bonds. The van der Waals surface area contributed by atoms with E-state index >= 15 is 0 Å². The van der Waals surface area contributed by atoms with Gasteiger partial charge in [0, 0.05) is 5.69 Å². The molecule has 2 aliphatic heterocycles. The number of ether oxygens (including phenoxy) is 3. The molecule has 13 nitrogen and oxygen atoms in total. The third-order valence-corrected chi connectivity index (χ3v) is 5.44. The second-order valence-electron chi connectivity index (χ2n) is 7.58. The molecule has 0 unspecified atom stereocenters. The summed E-state index contributed by atoms with van der Waals surface area (Å²) in [6.07, 6.45) is -15.0. The standard InChI is InChI=1S/C19H27NO12/c21-5-9-11(23)12(24)15(27)19(31-9)32-16-10(6-22)30-17(14(26)13(16)25)20-8-3-1-7(2-4-8)18(28)29/h1-4,9-17,19-27H,5-6H2,(H,28,29)/t9-,10-,11+,12-,13+,14-,15-,16-,17+,19+/m1/s1. The first kappa shape index (κ1) is 24.7. The van der Waals surface area contributed by atoms with Gasteiger partial charge in [-0.25, -0.2) is 4.79 Å². The van der Waals surface area contributed by atoms with E-state index < -0.39 is 80.5 Å². The van der Waals surface area contributed by atoms with E-state index in [1.54, 1.807) is 0 Å². The van der Waals surface area contributed by atoms with Gasteiger partial charge >= 0.3 is 5.97 Å². The highest BCUT2D eigenvalue weighted by Crippen LogP contribution is 2.29. The molecule has 1 aromatic carbocycles. The van der Waals surface area contributed by atoms with Crippen LogP contribution in [-0.4, -0.2) is 121 Å². The van der Waals surface area contributed by atoms with Crippen LogP contribution in [-0.2, 0) is 14.2 Å². The molecular weight excluding hydrogens is 434 g/mol. The molecule has 0 saturated carbocycles. The lowest BCUT2D eigenvalue weighted by molar-refractivity contribution is -0.340. The van der Waals surface area contributed by atoms with Gasteiger partial charge in [0.25, 0.3) is 0 Å². The lowest BCUT2D eigenvalue weighted by Gasteiger charge is -2.46.